The third kappa shape index (κ3) is 3.52. The van der Waals surface area contributed by atoms with Gasteiger partial charge < -0.3 is 4.74 Å². The normalized spacial score (nSPS) is 10.5. The van der Waals surface area contributed by atoms with Gasteiger partial charge in [-0.15, -0.1) is 0 Å². The molecule has 2 aromatic rings. The number of rotatable bonds is 4. The van der Waals surface area contributed by atoms with Crippen LogP contribution in [0.3, 0.4) is 0 Å². The van der Waals surface area contributed by atoms with E-state index in [1.807, 2.05) is 6.92 Å². The molecule has 0 aliphatic carbocycles. The minimum atomic E-state index is -0.531. The van der Waals surface area contributed by atoms with Gasteiger partial charge in [-0.3, -0.25) is 0 Å². The van der Waals surface area contributed by atoms with Crippen LogP contribution in [0.4, 0.5) is 4.39 Å². The van der Waals surface area contributed by atoms with Crippen LogP contribution in [0.1, 0.15) is 13.3 Å². The van der Waals surface area contributed by atoms with E-state index in [0.717, 1.165) is 6.42 Å². The van der Waals surface area contributed by atoms with Gasteiger partial charge in [-0.1, -0.05) is 18.5 Å². The molecule has 0 aliphatic heterocycles. The summed E-state index contributed by atoms with van der Waals surface area (Å²) in [4.78, 5) is 11.7. The molecule has 0 bridgehead atoms. The molecule has 0 amide bonds. The first kappa shape index (κ1) is 14.0. The van der Waals surface area contributed by atoms with Crippen LogP contribution in [0, 0.1) is 5.82 Å². The summed E-state index contributed by atoms with van der Waals surface area (Å²) in [5.74, 6) is -0.420. The van der Waals surface area contributed by atoms with Gasteiger partial charge in [0.1, 0.15) is 5.82 Å². The van der Waals surface area contributed by atoms with Gasteiger partial charge in [0.05, 0.1) is 12.2 Å². The maximum absolute atomic E-state index is 13.8. The second kappa shape index (κ2) is 6.12. The first-order valence-electron chi connectivity index (χ1n) is 5.60. The highest BCUT2D eigenvalue weighted by Gasteiger charge is 2.12. The largest absolute Gasteiger partial charge is 0.463 e. The highest BCUT2D eigenvalue weighted by Crippen LogP contribution is 2.24. The van der Waals surface area contributed by atoms with E-state index in [2.05, 4.69) is 15.0 Å². The molecular weight excluding hydrogens is 292 g/mol. The zero-order chi connectivity index (χ0) is 13.8. The molecular formula is C12H10Cl2FN3O. The van der Waals surface area contributed by atoms with Crippen LogP contribution in [0.5, 0.6) is 6.01 Å². The topological polar surface area (TPSA) is 47.9 Å². The molecule has 4 nitrogen and oxygen atoms in total. The molecule has 0 N–H and O–H groups in total. The number of halogens is 3. The molecule has 1 aromatic carbocycles. The van der Waals surface area contributed by atoms with Crippen molar-refractivity contribution >= 4 is 23.2 Å². The van der Waals surface area contributed by atoms with Crippen LogP contribution in [-0.4, -0.2) is 21.6 Å². The fourth-order valence-electron chi connectivity index (χ4n) is 1.38. The lowest BCUT2D eigenvalue weighted by atomic mass is 10.2. The Bertz CT molecular complexity index is 595. The third-order valence-corrected chi connectivity index (χ3v) is 2.60. The maximum Gasteiger partial charge on any atom is 0.321 e. The van der Waals surface area contributed by atoms with Crippen molar-refractivity contribution < 1.29 is 9.13 Å². The van der Waals surface area contributed by atoms with Crippen molar-refractivity contribution in [3.05, 3.63) is 34.3 Å². The number of aromatic nitrogens is 3. The van der Waals surface area contributed by atoms with Crippen LogP contribution in [0.25, 0.3) is 11.4 Å². The highest BCUT2D eigenvalue weighted by atomic mass is 35.5. The van der Waals surface area contributed by atoms with Gasteiger partial charge in [0.25, 0.3) is 0 Å². The van der Waals surface area contributed by atoms with Crippen LogP contribution < -0.4 is 4.74 Å². The predicted octanol–water partition coefficient (Wildman–Crippen LogP) is 3.77. The summed E-state index contributed by atoms with van der Waals surface area (Å²) in [5.41, 5.74) is 0.190. The average molecular weight is 302 g/mol. The molecule has 2 rings (SSSR count). The minimum Gasteiger partial charge on any atom is -0.463 e. The van der Waals surface area contributed by atoms with E-state index < -0.39 is 5.82 Å². The van der Waals surface area contributed by atoms with Gasteiger partial charge in [0.2, 0.25) is 5.28 Å². The van der Waals surface area contributed by atoms with Gasteiger partial charge in [0.15, 0.2) is 5.82 Å². The number of hydrogen-bond acceptors (Lipinski definition) is 4. The van der Waals surface area contributed by atoms with Crippen molar-refractivity contribution in [2.75, 3.05) is 6.61 Å². The van der Waals surface area contributed by atoms with E-state index >= 15 is 0 Å². The zero-order valence-corrected chi connectivity index (χ0v) is 11.5. The van der Waals surface area contributed by atoms with Crippen molar-refractivity contribution in [3.8, 4) is 17.4 Å². The molecule has 0 atom stereocenters. The van der Waals surface area contributed by atoms with E-state index in [4.69, 9.17) is 27.9 Å². The first-order valence-corrected chi connectivity index (χ1v) is 6.35. The Kier molecular flexibility index (Phi) is 4.50. The number of nitrogens with zero attached hydrogens (tertiary/aromatic N) is 3. The van der Waals surface area contributed by atoms with Gasteiger partial charge >= 0.3 is 6.01 Å². The molecule has 0 aliphatic rings. The summed E-state index contributed by atoms with van der Waals surface area (Å²) in [6.45, 7) is 2.39. The van der Waals surface area contributed by atoms with E-state index in [-0.39, 0.29) is 22.7 Å². The van der Waals surface area contributed by atoms with Crippen LogP contribution >= 0.6 is 23.2 Å². The third-order valence-electron chi connectivity index (χ3n) is 2.19. The fourth-order valence-corrected chi connectivity index (χ4v) is 1.69. The molecule has 1 aromatic heterocycles. The molecule has 0 saturated heterocycles. The van der Waals surface area contributed by atoms with Crippen molar-refractivity contribution in [1.29, 1.82) is 0 Å². The Labute approximate surface area is 119 Å². The smallest absolute Gasteiger partial charge is 0.321 e. The molecule has 1 heterocycles. The molecule has 0 fully saturated rings. The maximum atomic E-state index is 13.8. The fraction of sp³-hybridized carbons (Fsp3) is 0.250. The molecule has 0 saturated carbocycles. The quantitative estimate of drug-likeness (QED) is 0.862. The lowest BCUT2D eigenvalue weighted by Gasteiger charge is -2.06. The SMILES string of the molecule is CCCOc1nc(Cl)nc(-c2ccc(Cl)cc2F)n1. The molecule has 7 heteroatoms. The minimum absolute atomic E-state index is 0.0505. The van der Waals surface area contributed by atoms with Crippen molar-refractivity contribution in [2.45, 2.75) is 13.3 Å². The molecule has 100 valence electrons. The standard InChI is InChI=1S/C12H10Cl2FN3O/c1-2-5-19-12-17-10(16-11(14)18-12)8-4-3-7(13)6-9(8)15/h3-4,6H,2,5H2,1H3. The Balaban J connectivity index is 2.41. The monoisotopic (exact) mass is 301 g/mol. The van der Waals surface area contributed by atoms with Crippen LogP contribution in [-0.2, 0) is 0 Å². The van der Waals surface area contributed by atoms with Crippen molar-refractivity contribution in [1.82, 2.24) is 15.0 Å². The zero-order valence-electron chi connectivity index (χ0n) is 10.0. The Morgan fingerprint density at radius 1 is 1.21 bits per heavy atom. The molecule has 19 heavy (non-hydrogen) atoms. The average Bonchev–Trinajstić information content (AvgIpc) is 2.35. The van der Waals surface area contributed by atoms with Crippen molar-refractivity contribution in [3.63, 3.8) is 0 Å². The summed E-state index contributed by atoms with van der Waals surface area (Å²) in [6, 6.07) is 4.28. The summed E-state index contributed by atoms with van der Waals surface area (Å²) in [7, 11) is 0. The van der Waals surface area contributed by atoms with Crippen molar-refractivity contribution in [2.24, 2.45) is 0 Å². The summed E-state index contributed by atoms with van der Waals surface area (Å²) in [5, 5.41) is 0.245. The lowest BCUT2D eigenvalue weighted by molar-refractivity contribution is 0.291. The Morgan fingerprint density at radius 2 is 2.00 bits per heavy atom. The molecule has 0 radical (unpaired) electrons. The van der Waals surface area contributed by atoms with E-state index in [9.17, 15) is 4.39 Å². The van der Waals surface area contributed by atoms with Gasteiger partial charge in [0, 0.05) is 5.02 Å². The van der Waals surface area contributed by atoms with E-state index in [0.29, 0.717) is 11.6 Å². The summed E-state index contributed by atoms with van der Waals surface area (Å²) in [6.07, 6.45) is 0.800. The summed E-state index contributed by atoms with van der Waals surface area (Å²) >= 11 is 11.5. The highest BCUT2D eigenvalue weighted by molar-refractivity contribution is 6.30. The predicted molar refractivity (Wildman–Crippen MR) is 71.0 cm³/mol. The van der Waals surface area contributed by atoms with Gasteiger partial charge in [-0.2, -0.15) is 15.0 Å². The lowest BCUT2D eigenvalue weighted by Crippen LogP contribution is -2.03. The van der Waals surface area contributed by atoms with Gasteiger partial charge in [-0.05, 0) is 36.2 Å². The van der Waals surface area contributed by atoms with Crippen LogP contribution in [0.15, 0.2) is 18.2 Å². The number of benzene rings is 1. The second-order valence-electron chi connectivity index (χ2n) is 3.68. The van der Waals surface area contributed by atoms with Gasteiger partial charge in [-0.25, -0.2) is 4.39 Å². The second-order valence-corrected chi connectivity index (χ2v) is 4.46. The number of ether oxygens (including phenoxy) is 1. The van der Waals surface area contributed by atoms with E-state index in [1.54, 1.807) is 6.07 Å². The first-order chi connectivity index (χ1) is 9.10. The Morgan fingerprint density at radius 3 is 2.68 bits per heavy atom. The molecule has 0 unspecified atom stereocenters. The van der Waals surface area contributed by atoms with E-state index in [1.165, 1.54) is 12.1 Å². The Hall–Kier alpha value is -1.46. The summed E-state index contributed by atoms with van der Waals surface area (Å²) < 4.78 is 19.0. The molecule has 0 spiro atoms. The number of hydrogen-bond donors (Lipinski definition) is 0. The van der Waals surface area contributed by atoms with Crippen LogP contribution in [0.2, 0.25) is 10.3 Å².